The fourth-order valence-corrected chi connectivity index (χ4v) is 5.19. The second-order valence-corrected chi connectivity index (χ2v) is 9.92. The van der Waals surface area contributed by atoms with Crippen molar-refractivity contribution in [3.05, 3.63) is 65.2 Å². The average Bonchev–Trinajstić information content (AvgIpc) is 3.43. The van der Waals surface area contributed by atoms with Crippen LogP contribution in [0.1, 0.15) is 35.2 Å². The van der Waals surface area contributed by atoms with E-state index in [0.717, 1.165) is 21.8 Å². The van der Waals surface area contributed by atoms with Gasteiger partial charge in [-0.15, -0.1) is 11.3 Å². The number of carbonyl (C=O) groups is 1. The Labute approximate surface area is 223 Å². The summed E-state index contributed by atoms with van der Waals surface area (Å²) in [6, 6.07) is 13.2. The zero-order valence-corrected chi connectivity index (χ0v) is 22.5. The van der Waals surface area contributed by atoms with E-state index < -0.39 is 5.91 Å². The number of anilines is 2. The molecule has 3 N–H and O–H groups in total. The van der Waals surface area contributed by atoms with Gasteiger partial charge in [-0.2, -0.15) is 5.10 Å². The van der Waals surface area contributed by atoms with Gasteiger partial charge in [0, 0.05) is 17.2 Å². The highest BCUT2D eigenvalue weighted by atomic mass is 32.1. The number of nitrogens with two attached hydrogens (primary N) is 1. The van der Waals surface area contributed by atoms with Crippen LogP contribution in [0.5, 0.6) is 11.5 Å². The molecule has 0 radical (unpaired) electrons. The van der Waals surface area contributed by atoms with E-state index in [1.165, 1.54) is 11.3 Å². The van der Waals surface area contributed by atoms with E-state index in [1.54, 1.807) is 18.0 Å². The number of hydrogen-bond donors (Lipinski definition) is 2. The number of aromatic nitrogens is 5. The second-order valence-electron chi connectivity index (χ2n) is 8.87. The molecular weight excluding hydrogens is 502 g/mol. The largest absolute Gasteiger partial charge is 0.496 e. The number of fused-ring (bicyclic) bond motifs is 1. The molecule has 1 amide bonds. The maximum atomic E-state index is 12.4. The monoisotopic (exact) mass is 529 g/mol. The number of aryl methyl sites for hydroxylation is 2. The molecule has 0 fully saturated rings. The minimum absolute atomic E-state index is 0.0695. The molecule has 11 heteroatoms. The molecule has 5 aromatic rings. The Morgan fingerprint density at radius 2 is 1.89 bits per heavy atom. The van der Waals surface area contributed by atoms with Crippen LogP contribution >= 0.6 is 11.3 Å². The number of para-hydroxylation sites is 1. The van der Waals surface area contributed by atoms with Crippen molar-refractivity contribution in [3.8, 4) is 28.3 Å². The zero-order valence-electron chi connectivity index (χ0n) is 21.6. The van der Waals surface area contributed by atoms with E-state index in [9.17, 15) is 4.79 Å². The maximum absolute atomic E-state index is 12.4. The summed E-state index contributed by atoms with van der Waals surface area (Å²) >= 11 is 1.25. The smallest absolute Gasteiger partial charge is 0.259 e. The van der Waals surface area contributed by atoms with E-state index >= 15 is 0 Å². The quantitative estimate of drug-likeness (QED) is 0.281. The van der Waals surface area contributed by atoms with Crippen LogP contribution in [0.15, 0.2) is 48.7 Å². The van der Waals surface area contributed by atoms with Gasteiger partial charge in [0.15, 0.2) is 0 Å². The lowest BCUT2D eigenvalue weighted by Crippen LogP contribution is -2.10. The summed E-state index contributed by atoms with van der Waals surface area (Å²) < 4.78 is 14.2. The van der Waals surface area contributed by atoms with Gasteiger partial charge in [0.2, 0.25) is 5.95 Å². The fraction of sp³-hybridized carbons (Fsp3) is 0.222. The molecule has 38 heavy (non-hydrogen) atoms. The number of carbonyl (C=O) groups excluding carboxylic acids is 1. The van der Waals surface area contributed by atoms with E-state index in [0.29, 0.717) is 44.9 Å². The van der Waals surface area contributed by atoms with Gasteiger partial charge in [0.05, 0.1) is 41.0 Å². The molecule has 0 unspecified atom stereocenters. The van der Waals surface area contributed by atoms with Gasteiger partial charge in [-0.3, -0.25) is 4.79 Å². The number of hydrogen-bond acceptors (Lipinski definition) is 9. The summed E-state index contributed by atoms with van der Waals surface area (Å²) in [4.78, 5) is 26.4. The van der Waals surface area contributed by atoms with Crippen LogP contribution in [-0.2, 0) is 0 Å². The van der Waals surface area contributed by atoms with Crippen LogP contribution in [0.4, 0.5) is 11.6 Å². The first kappa shape index (κ1) is 25.2. The summed E-state index contributed by atoms with van der Waals surface area (Å²) in [5.41, 5.74) is 9.20. The van der Waals surface area contributed by atoms with Crippen LogP contribution in [0.3, 0.4) is 0 Å². The molecule has 3 aromatic heterocycles. The number of ether oxygens (including phenoxy) is 2. The van der Waals surface area contributed by atoms with Crippen LogP contribution in [0.25, 0.3) is 27.0 Å². The van der Waals surface area contributed by atoms with Gasteiger partial charge in [-0.1, -0.05) is 18.2 Å². The summed E-state index contributed by atoms with van der Waals surface area (Å²) in [6.07, 6.45) is 1.61. The van der Waals surface area contributed by atoms with Gasteiger partial charge in [0.25, 0.3) is 5.91 Å². The standard InChI is InChI=1S/C27H27N7O3S/c1-14(2)37-21-12-17(34-16(4)30-15(3)33-34)10-11-19(21)31-27-29-13-22-24(32-27)23(25(38-22)26(28)35)18-8-6-7-9-20(18)36-5/h6-14H,1-5H3,(H2,28,35)(H,29,31,32). The van der Waals surface area contributed by atoms with Crippen LogP contribution < -0.4 is 20.5 Å². The van der Waals surface area contributed by atoms with Gasteiger partial charge in [0.1, 0.15) is 28.0 Å². The van der Waals surface area contributed by atoms with E-state index in [4.69, 9.17) is 20.2 Å². The summed E-state index contributed by atoms with van der Waals surface area (Å²) in [6.45, 7) is 7.67. The first-order chi connectivity index (χ1) is 18.2. The zero-order chi connectivity index (χ0) is 27.0. The van der Waals surface area contributed by atoms with Crippen molar-refractivity contribution in [1.82, 2.24) is 24.7 Å². The Bertz CT molecular complexity index is 1660. The molecule has 5 rings (SSSR count). The third kappa shape index (κ3) is 4.75. The lowest BCUT2D eigenvalue weighted by molar-refractivity contribution is 0.100. The van der Waals surface area contributed by atoms with E-state index in [-0.39, 0.29) is 6.10 Å². The molecule has 0 atom stereocenters. The number of amides is 1. The lowest BCUT2D eigenvalue weighted by atomic mass is 10.0. The fourth-order valence-electron chi connectivity index (χ4n) is 4.21. The van der Waals surface area contributed by atoms with E-state index in [1.807, 2.05) is 70.2 Å². The third-order valence-corrected chi connectivity index (χ3v) is 6.85. The van der Waals surface area contributed by atoms with Crippen molar-refractivity contribution in [2.45, 2.75) is 33.8 Å². The number of primary amides is 1. The Kier molecular flexibility index (Phi) is 6.68. The predicted octanol–water partition coefficient (Wildman–Crippen LogP) is 5.19. The molecule has 0 bridgehead atoms. The average molecular weight is 530 g/mol. The molecule has 0 saturated heterocycles. The van der Waals surface area contributed by atoms with Crippen molar-refractivity contribution in [2.75, 3.05) is 12.4 Å². The number of nitrogens with zero attached hydrogens (tertiary/aromatic N) is 5. The third-order valence-electron chi connectivity index (χ3n) is 5.72. The Morgan fingerprint density at radius 1 is 1.11 bits per heavy atom. The number of nitrogens with one attached hydrogen (secondary N) is 1. The number of thiophene rings is 1. The topological polar surface area (TPSA) is 130 Å². The normalized spacial score (nSPS) is 11.2. The molecule has 3 heterocycles. The highest BCUT2D eigenvalue weighted by molar-refractivity contribution is 7.21. The Balaban J connectivity index is 1.60. The first-order valence-corrected chi connectivity index (χ1v) is 12.8. The highest BCUT2D eigenvalue weighted by Crippen LogP contribution is 2.42. The number of rotatable bonds is 8. The molecule has 2 aromatic carbocycles. The molecule has 0 aliphatic rings. The molecule has 0 aliphatic carbocycles. The van der Waals surface area contributed by atoms with Gasteiger partial charge in [-0.05, 0) is 45.9 Å². The molecule has 0 saturated carbocycles. The lowest BCUT2D eigenvalue weighted by Gasteiger charge is -2.16. The highest BCUT2D eigenvalue weighted by Gasteiger charge is 2.23. The second kappa shape index (κ2) is 10.1. The predicted molar refractivity (Wildman–Crippen MR) is 148 cm³/mol. The summed E-state index contributed by atoms with van der Waals surface area (Å²) in [5, 5.41) is 7.75. The minimum atomic E-state index is -0.537. The SMILES string of the molecule is COc1ccccc1-c1c(C(N)=O)sc2cnc(Nc3ccc(-n4nc(C)nc4C)cc3OC(C)C)nc12. The molecule has 194 valence electrons. The molecule has 0 spiro atoms. The van der Waals surface area contributed by atoms with Gasteiger partial charge in [-0.25, -0.2) is 19.6 Å². The number of methoxy groups -OCH3 is 1. The Morgan fingerprint density at radius 3 is 2.58 bits per heavy atom. The van der Waals surface area contributed by atoms with Gasteiger partial charge >= 0.3 is 0 Å². The van der Waals surface area contributed by atoms with Crippen molar-refractivity contribution < 1.29 is 14.3 Å². The van der Waals surface area contributed by atoms with Crippen molar-refractivity contribution in [3.63, 3.8) is 0 Å². The minimum Gasteiger partial charge on any atom is -0.496 e. The first-order valence-electron chi connectivity index (χ1n) is 12.0. The van der Waals surface area contributed by atoms with Crippen molar-refractivity contribution in [2.24, 2.45) is 5.73 Å². The Hall–Kier alpha value is -4.51. The molecular formula is C27H27N7O3S. The number of benzene rings is 2. The van der Waals surface area contributed by atoms with Crippen LogP contribution in [0.2, 0.25) is 0 Å². The van der Waals surface area contributed by atoms with Gasteiger partial charge < -0.3 is 20.5 Å². The summed E-state index contributed by atoms with van der Waals surface area (Å²) in [5.74, 6) is 2.50. The van der Waals surface area contributed by atoms with Crippen LogP contribution in [0, 0.1) is 13.8 Å². The molecule has 0 aliphatic heterocycles. The summed E-state index contributed by atoms with van der Waals surface area (Å²) in [7, 11) is 1.58. The van der Waals surface area contributed by atoms with E-state index in [2.05, 4.69) is 20.4 Å². The van der Waals surface area contributed by atoms with Crippen LogP contribution in [-0.4, -0.2) is 43.9 Å². The van der Waals surface area contributed by atoms with Crippen molar-refractivity contribution >= 4 is 39.1 Å². The maximum Gasteiger partial charge on any atom is 0.259 e. The van der Waals surface area contributed by atoms with Crippen molar-refractivity contribution in [1.29, 1.82) is 0 Å². The molecule has 10 nitrogen and oxygen atoms in total.